The largest absolute Gasteiger partial charge is 0.377 e. The molecule has 1 N–H and O–H groups in total. The molecule has 24 heavy (non-hydrogen) atoms. The Morgan fingerprint density at radius 1 is 1.12 bits per heavy atom. The molecule has 0 saturated carbocycles. The fraction of sp³-hybridized carbons (Fsp3) is 0.611. The molecule has 2 saturated heterocycles. The first-order chi connectivity index (χ1) is 11.7. The number of nitrogens with zero attached hydrogens (tertiary/aromatic N) is 2. The summed E-state index contributed by atoms with van der Waals surface area (Å²) in [5.74, 6) is -0.350. The van der Waals surface area contributed by atoms with Crippen molar-refractivity contribution in [1.29, 1.82) is 0 Å². The van der Waals surface area contributed by atoms with Gasteiger partial charge >= 0.3 is 0 Å². The summed E-state index contributed by atoms with van der Waals surface area (Å²) in [5.41, 5.74) is 0.634. The summed E-state index contributed by atoms with van der Waals surface area (Å²) in [7, 11) is 0. The zero-order chi connectivity index (χ0) is 16.8. The van der Waals surface area contributed by atoms with Gasteiger partial charge in [-0.2, -0.15) is 0 Å². The molecule has 1 aromatic carbocycles. The number of halogens is 1. The van der Waals surface area contributed by atoms with Crippen LogP contribution in [-0.4, -0.2) is 67.7 Å². The molecule has 0 aromatic heterocycles. The lowest BCUT2D eigenvalue weighted by Gasteiger charge is -2.36. The molecule has 5 nitrogen and oxygen atoms in total. The van der Waals surface area contributed by atoms with Gasteiger partial charge in [-0.15, -0.1) is 0 Å². The maximum Gasteiger partial charge on any atom is 0.238 e. The highest BCUT2D eigenvalue weighted by atomic mass is 19.1. The molecule has 2 heterocycles. The van der Waals surface area contributed by atoms with E-state index in [1.807, 2.05) is 0 Å². The Morgan fingerprint density at radius 3 is 2.50 bits per heavy atom. The lowest BCUT2D eigenvalue weighted by Crippen LogP contribution is -2.50. The first-order valence-electron chi connectivity index (χ1n) is 8.81. The van der Waals surface area contributed by atoms with E-state index in [-0.39, 0.29) is 11.7 Å². The molecule has 0 radical (unpaired) electrons. The fourth-order valence-electron chi connectivity index (χ4n) is 3.31. The first kappa shape index (κ1) is 17.3. The molecular weight excluding hydrogens is 309 g/mol. The average Bonchev–Trinajstić information content (AvgIpc) is 2.60. The molecule has 6 heteroatoms. The Morgan fingerprint density at radius 2 is 1.83 bits per heavy atom. The third kappa shape index (κ3) is 5.26. The van der Waals surface area contributed by atoms with Crippen molar-refractivity contribution in [2.75, 3.05) is 51.2 Å². The van der Waals surface area contributed by atoms with Crippen LogP contribution in [0.15, 0.2) is 24.3 Å². The van der Waals surface area contributed by atoms with Gasteiger partial charge in [0.25, 0.3) is 0 Å². The van der Waals surface area contributed by atoms with Gasteiger partial charge < -0.3 is 10.1 Å². The second-order valence-electron chi connectivity index (χ2n) is 6.62. The number of carbonyl (C=O) groups is 1. The third-order valence-electron chi connectivity index (χ3n) is 4.70. The summed E-state index contributed by atoms with van der Waals surface area (Å²) in [6.07, 6.45) is 4.01. The highest BCUT2D eigenvalue weighted by Gasteiger charge is 2.22. The highest BCUT2D eigenvalue weighted by Crippen LogP contribution is 2.15. The number of benzene rings is 1. The standard InChI is InChI=1S/C18H26FN3O2/c19-15-4-6-16(7-5-15)20-18(23)14-22-10-8-21(9-11-22)13-17-3-1-2-12-24-17/h4-7,17H,1-3,8-14H2,(H,20,23)/t17-/m0/s1. The Bertz CT molecular complexity index is 524. The Kier molecular flexibility index (Phi) is 6.18. The number of anilines is 1. The van der Waals surface area contributed by atoms with E-state index in [9.17, 15) is 9.18 Å². The monoisotopic (exact) mass is 335 g/mol. The number of nitrogens with one attached hydrogen (secondary N) is 1. The van der Waals surface area contributed by atoms with Crippen molar-refractivity contribution >= 4 is 11.6 Å². The van der Waals surface area contributed by atoms with Crippen LogP contribution in [0.5, 0.6) is 0 Å². The minimum Gasteiger partial charge on any atom is -0.377 e. The van der Waals surface area contributed by atoms with Gasteiger partial charge in [0.2, 0.25) is 5.91 Å². The number of rotatable bonds is 5. The SMILES string of the molecule is O=C(CN1CCN(C[C@@H]2CCCCO2)CC1)Nc1ccc(F)cc1. The van der Waals surface area contributed by atoms with Crippen molar-refractivity contribution in [3.8, 4) is 0 Å². The second-order valence-corrected chi connectivity index (χ2v) is 6.62. The van der Waals surface area contributed by atoms with E-state index in [1.54, 1.807) is 12.1 Å². The third-order valence-corrected chi connectivity index (χ3v) is 4.70. The minimum atomic E-state index is -0.300. The lowest BCUT2D eigenvalue weighted by atomic mass is 10.1. The van der Waals surface area contributed by atoms with Gasteiger partial charge in [-0.3, -0.25) is 14.6 Å². The molecule has 0 aliphatic carbocycles. The minimum absolute atomic E-state index is 0.0503. The first-order valence-corrected chi connectivity index (χ1v) is 8.81. The second kappa shape index (κ2) is 8.55. The van der Waals surface area contributed by atoms with Gasteiger partial charge in [0.05, 0.1) is 12.6 Å². The van der Waals surface area contributed by atoms with Crippen LogP contribution in [0.25, 0.3) is 0 Å². The smallest absolute Gasteiger partial charge is 0.238 e. The summed E-state index contributed by atoms with van der Waals surface area (Å²) in [6, 6.07) is 5.86. The van der Waals surface area contributed by atoms with E-state index < -0.39 is 0 Å². The van der Waals surface area contributed by atoms with Crippen molar-refractivity contribution in [3.05, 3.63) is 30.1 Å². The van der Waals surface area contributed by atoms with Crippen LogP contribution < -0.4 is 5.32 Å². The molecule has 1 aromatic rings. The fourth-order valence-corrected chi connectivity index (χ4v) is 3.31. The molecule has 0 bridgehead atoms. The summed E-state index contributed by atoms with van der Waals surface area (Å²) in [6.45, 7) is 6.02. The normalized spacial score (nSPS) is 23.1. The van der Waals surface area contributed by atoms with Gasteiger partial charge in [-0.25, -0.2) is 4.39 Å². The Hall–Kier alpha value is -1.50. The van der Waals surface area contributed by atoms with Crippen LogP contribution in [0.4, 0.5) is 10.1 Å². The van der Waals surface area contributed by atoms with Gasteiger partial charge in [-0.05, 0) is 43.5 Å². The van der Waals surface area contributed by atoms with Crippen LogP contribution in [0.2, 0.25) is 0 Å². The van der Waals surface area contributed by atoms with Crippen LogP contribution in [-0.2, 0) is 9.53 Å². The molecule has 2 fully saturated rings. The summed E-state index contributed by atoms with van der Waals surface area (Å²) in [4.78, 5) is 16.7. The van der Waals surface area contributed by atoms with Gasteiger partial charge in [0, 0.05) is 45.0 Å². The van der Waals surface area contributed by atoms with Crippen LogP contribution in [0, 0.1) is 5.82 Å². The van der Waals surface area contributed by atoms with E-state index in [1.165, 1.54) is 31.4 Å². The zero-order valence-corrected chi connectivity index (χ0v) is 14.0. The van der Waals surface area contributed by atoms with E-state index in [2.05, 4.69) is 15.1 Å². The number of ether oxygens (including phenoxy) is 1. The topological polar surface area (TPSA) is 44.8 Å². The summed E-state index contributed by atoms with van der Waals surface area (Å²) < 4.78 is 18.7. The zero-order valence-electron chi connectivity index (χ0n) is 14.0. The molecule has 0 unspecified atom stereocenters. The highest BCUT2D eigenvalue weighted by molar-refractivity contribution is 5.92. The van der Waals surface area contributed by atoms with Crippen LogP contribution >= 0.6 is 0 Å². The number of piperazine rings is 1. The van der Waals surface area contributed by atoms with E-state index in [0.717, 1.165) is 39.3 Å². The number of hydrogen-bond donors (Lipinski definition) is 1. The summed E-state index contributed by atoms with van der Waals surface area (Å²) >= 11 is 0. The predicted molar refractivity (Wildman–Crippen MR) is 91.5 cm³/mol. The van der Waals surface area contributed by atoms with Crippen molar-refractivity contribution in [3.63, 3.8) is 0 Å². The van der Waals surface area contributed by atoms with E-state index in [4.69, 9.17) is 4.74 Å². The van der Waals surface area contributed by atoms with E-state index in [0.29, 0.717) is 18.3 Å². The maximum absolute atomic E-state index is 12.9. The molecule has 132 valence electrons. The maximum atomic E-state index is 12.9. The molecule has 2 aliphatic rings. The predicted octanol–water partition coefficient (Wildman–Crippen LogP) is 1.95. The van der Waals surface area contributed by atoms with Crippen molar-refractivity contribution in [1.82, 2.24) is 9.80 Å². The average molecular weight is 335 g/mol. The quantitative estimate of drug-likeness (QED) is 0.893. The van der Waals surface area contributed by atoms with Crippen molar-refractivity contribution in [2.24, 2.45) is 0 Å². The Balaban J connectivity index is 1.37. The number of carbonyl (C=O) groups excluding carboxylic acids is 1. The number of hydrogen-bond acceptors (Lipinski definition) is 4. The van der Waals surface area contributed by atoms with Crippen molar-refractivity contribution in [2.45, 2.75) is 25.4 Å². The van der Waals surface area contributed by atoms with Gasteiger partial charge in [0.15, 0.2) is 0 Å². The molecule has 2 aliphatic heterocycles. The molecular formula is C18H26FN3O2. The molecule has 3 rings (SSSR count). The molecule has 1 atom stereocenters. The molecule has 0 spiro atoms. The van der Waals surface area contributed by atoms with Gasteiger partial charge in [0.1, 0.15) is 5.82 Å². The van der Waals surface area contributed by atoms with E-state index >= 15 is 0 Å². The Labute approximate surface area is 142 Å². The van der Waals surface area contributed by atoms with Gasteiger partial charge in [-0.1, -0.05) is 0 Å². The van der Waals surface area contributed by atoms with Crippen molar-refractivity contribution < 1.29 is 13.9 Å². The molecule has 1 amide bonds. The van der Waals surface area contributed by atoms with Crippen LogP contribution in [0.3, 0.4) is 0 Å². The lowest BCUT2D eigenvalue weighted by molar-refractivity contribution is -0.117. The summed E-state index contributed by atoms with van der Waals surface area (Å²) in [5, 5.41) is 2.81. The van der Waals surface area contributed by atoms with Crippen LogP contribution in [0.1, 0.15) is 19.3 Å². The number of amides is 1.